The Labute approximate surface area is 246 Å². The lowest BCUT2D eigenvalue weighted by Gasteiger charge is -2.37. The van der Waals surface area contributed by atoms with Crippen molar-refractivity contribution in [1.29, 1.82) is 0 Å². The second kappa shape index (κ2) is 11.8. The van der Waals surface area contributed by atoms with Crippen LogP contribution in [0.25, 0.3) is 10.8 Å². The van der Waals surface area contributed by atoms with E-state index < -0.39 is 14.8 Å². The number of thioether (sulfide) groups is 1. The number of hydrogen-bond donors (Lipinski definition) is 1. The highest BCUT2D eigenvalue weighted by molar-refractivity contribution is 8.01. The number of rotatable bonds is 9. The van der Waals surface area contributed by atoms with Crippen LogP contribution in [0.15, 0.2) is 138 Å². The van der Waals surface area contributed by atoms with Gasteiger partial charge in [0.05, 0.1) is 9.64 Å². The van der Waals surface area contributed by atoms with E-state index in [0.29, 0.717) is 24.3 Å². The van der Waals surface area contributed by atoms with Crippen LogP contribution >= 0.6 is 11.8 Å². The maximum absolute atomic E-state index is 14.1. The molecule has 0 saturated carbocycles. The molecule has 6 heteroatoms. The van der Waals surface area contributed by atoms with E-state index in [0.717, 1.165) is 27.5 Å². The third-order valence-corrected chi connectivity index (χ3v) is 11.6. The van der Waals surface area contributed by atoms with E-state index in [1.807, 2.05) is 60.3 Å². The minimum Gasteiger partial charge on any atom is -0.396 e. The van der Waals surface area contributed by atoms with E-state index in [-0.39, 0.29) is 17.9 Å². The molecule has 0 spiro atoms. The first-order valence-electron chi connectivity index (χ1n) is 14.0. The maximum Gasteiger partial charge on any atom is 0.243 e. The molecule has 0 aliphatic carbocycles. The summed E-state index contributed by atoms with van der Waals surface area (Å²) in [6.45, 7) is 0.311. The van der Waals surface area contributed by atoms with Gasteiger partial charge < -0.3 is 5.11 Å². The molecule has 0 aromatic heterocycles. The summed E-state index contributed by atoms with van der Waals surface area (Å²) in [6.07, 6.45) is 1.06. The lowest BCUT2D eigenvalue weighted by atomic mass is 9.84. The van der Waals surface area contributed by atoms with Gasteiger partial charge in [0, 0.05) is 24.4 Å². The van der Waals surface area contributed by atoms with Gasteiger partial charge in [-0.1, -0.05) is 121 Å². The molecule has 0 amide bonds. The van der Waals surface area contributed by atoms with E-state index >= 15 is 0 Å². The first-order valence-corrected chi connectivity index (χ1v) is 16.3. The molecule has 5 aromatic carbocycles. The van der Waals surface area contributed by atoms with Crippen LogP contribution in [0.1, 0.15) is 29.5 Å². The van der Waals surface area contributed by atoms with Gasteiger partial charge >= 0.3 is 0 Å². The summed E-state index contributed by atoms with van der Waals surface area (Å²) >= 11 is 1.82. The lowest BCUT2D eigenvalue weighted by Crippen LogP contribution is -2.36. The van der Waals surface area contributed by atoms with Crippen LogP contribution in [-0.4, -0.2) is 42.3 Å². The van der Waals surface area contributed by atoms with Crippen LogP contribution in [0.3, 0.4) is 0 Å². The van der Waals surface area contributed by atoms with Crippen molar-refractivity contribution in [2.75, 3.05) is 13.2 Å². The van der Waals surface area contributed by atoms with Crippen LogP contribution in [-0.2, 0) is 14.8 Å². The number of sulfonamides is 1. The van der Waals surface area contributed by atoms with Crippen molar-refractivity contribution < 1.29 is 13.5 Å². The van der Waals surface area contributed by atoms with Crippen molar-refractivity contribution in [3.63, 3.8) is 0 Å². The number of nitrogens with zero attached hydrogens (tertiary/aromatic N) is 1. The van der Waals surface area contributed by atoms with E-state index in [4.69, 9.17) is 0 Å². The van der Waals surface area contributed by atoms with Gasteiger partial charge in [-0.3, -0.25) is 0 Å². The summed E-state index contributed by atoms with van der Waals surface area (Å²) in [5.41, 5.74) is 3.45. The summed E-state index contributed by atoms with van der Waals surface area (Å²) in [4.78, 5) is 0.297. The first kappa shape index (κ1) is 27.7. The molecule has 6 rings (SSSR count). The third-order valence-electron chi connectivity index (χ3n) is 8.00. The van der Waals surface area contributed by atoms with Gasteiger partial charge in [0.15, 0.2) is 0 Å². The second-order valence-corrected chi connectivity index (χ2v) is 13.9. The summed E-state index contributed by atoms with van der Waals surface area (Å²) in [5.74, 6) is 0. The molecule has 208 valence electrons. The number of fused-ring (bicyclic) bond motifs is 1. The minimum absolute atomic E-state index is 0.00222. The molecule has 1 heterocycles. The molecule has 1 saturated heterocycles. The topological polar surface area (TPSA) is 57.6 Å². The monoisotopic (exact) mass is 579 g/mol. The molecule has 2 unspecified atom stereocenters. The smallest absolute Gasteiger partial charge is 0.243 e. The highest BCUT2D eigenvalue weighted by Gasteiger charge is 2.46. The van der Waals surface area contributed by atoms with Gasteiger partial charge in [-0.05, 0) is 52.4 Å². The van der Waals surface area contributed by atoms with E-state index in [2.05, 4.69) is 72.8 Å². The molecule has 5 aromatic rings. The minimum atomic E-state index is -3.78. The number of aliphatic hydroxyl groups is 1. The maximum atomic E-state index is 14.1. The quantitative estimate of drug-likeness (QED) is 0.190. The lowest BCUT2D eigenvalue weighted by molar-refractivity contribution is 0.246. The van der Waals surface area contributed by atoms with Crippen molar-refractivity contribution in [3.8, 4) is 0 Å². The molecule has 0 bridgehead atoms. The number of benzene rings is 5. The molecular formula is C35H33NO3S2. The fourth-order valence-corrected chi connectivity index (χ4v) is 9.78. The molecule has 1 N–H and O–H groups in total. The predicted molar refractivity (Wildman–Crippen MR) is 169 cm³/mol. The van der Waals surface area contributed by atoms with Crippen LogP contribution in [0.5, 0.6) is 0 Å². The molecule has 1 fully saturated rings. The largest absolute Gasteiger partial charge is 0.396 e. The molecule has 4 nitrogen and oxygen atoms in total. The van der Waals surface area contributed by atoms with E-state index in [9.17, 15) is 13.5 Å². The van der Waals surface area contributed by atoms with Gasteiger partial charge in [0.25, 0.3) is 0 Å². The van der Waals surface area contributed by atoms with E-state index in [1.54, 1.807) is 16.4 Å². The van der Waals surface area contributed by atoms with Crippen LogP contribution < -0.4 is 0 Å². The summed E-state index contributed by atoms with van der Waals surface area (Å²) in [6, 6.07) is 44.3. The fourth-order valence-electron chi connectivity index (χ4n) is 6.07. The van der Waals surface area contributed by atoms with E-state index in [1.165, 1.54) is 0 Å². The zero-order valence-corrected chi connectivity index (χ0v) is 24.3. The Bertz CT molecular complexity index is 1610. The standard InChI is InChI=1S/C35H33NO3S2/c37-23-22-32-25-33(26-36(32)41(38,39)34-21-20-27-12-10-11-13-28(27)24-34)40-35(29-14-4-1-5-15-29,30-16-6-2-7-17-30)31-18-8-3-9-19-31/h1-21,24,32-33,37H,22-23,25-26H2. The van der Waals surface area contributed by atoms with Gasteiger partial charge in [0.1, 0.15) is 0 Å². The van der Waals surface area contributed by atoms with Gasteiger partial charge in [-0.25, -0.2) is 8.42 Å². The Morgan fingerprint density at radius 3 is 1.76 bits per heavy atom. The molecule has 1 aliphatic heterocycles. The Morgan fingerprint density at radius 2 is 1.22 bits per heavy atom. The van der Waals surface area contributed by atoms with Gasteiger partial charge in [-0.15, -0.1) is 11.8 Å². The average Bonchev–Trinajstić information content (AvgIpc) is 3.44. The first-order chi connectivity index (χ1) is 20.0. The molecule has 2 atom stereocenters. The normalized spacial score (nSPS) is 18.1. The highest BCUT2D eigenvalue weighted by atomic mass is 32.2. The predicted octanol–water partition coefficient (Wildman–Crippen LogP) is 7.08. The molecule has 41 heavy (non-hydrogen) atoms. The van der Waals surface area contributed by atoms with Crippen molar-refractivity contribution in [3.05, 3.63) is 150 Å². The Balaban J connectivity index is 1.42. The average molecular weight is 580 g/mol. The Hall–Kier alpha value is -3.42. The van der Waals surface area contributed by atoms with Crippen LogP contribution in [0.2, 0.25) is 0 Å². The molecular weight excluding hydrogens is 547 g/mol. The van der Waals surface area contributed by atoms with Crippen molar-refractivity contribution in [1.82, 2.24) is 4.31 Å². The fraction of sp³-hybridized carbons (Fsp3) is 0.200. The Kier molecular flexibility index (Phi) is 8.00. The molecule has 1 aliphatic rings. The van der Waals surface area contributed by atoms with Gasteiger partial charge in [0.2, 0.25) is 10.0 Å². The van der Waals surface area contributed by atoms with Crippen molar-refractivity contribution in [2.24, 2.45) is 0 Å². The van der Waals surface area contributed by atoms with Gasteiger partial charge in [-0.2, -0.15) is 4.31 Å². The summed E-state index contributed by atoms with van der Waals surface area (Å²) < 4.78 is 29.3. The summed E-state index contributed by atoms with van der Waals surface area (Å²) in [7, 11) is -3.78. The highest BCUT2D eigenvalue weighted by Crippen LogP contribution is 2.52. The third kappa shape index (κ3) is 5.33. The van der Waals surface area contributed by atoms with Crippen LogP contribution in [0, 0.1) is 0 Å². The second-order valence-electron chi connectivity index (χ2n) is 10.5. The zero-order chi connectivity index (χ0) is 28.3. The summed E-state index contributed by atoms with van der Waals surface area (Å²) in [5, 5.41) is 11.9. The Morgan fingerprint density at radius 1 is 0.707 bits per heavy atom. The number of hydrogen-bond acceptors (Lipinski definition) is 4. The number of aliphatic hydroxyl groups excluding tert-OH is 1. The van der Waals surface area contributed by atoms with Crippen molar-refractivity contribution in [2.45, 2.75) is 33.8 Å². The van der Waals surface area contributed by atoms with Crippen molar-refractivity contribution >= 4 is 32.6 Å². The van der Waals surface area contributed by atoms with Crippen LogP contribution in [0.4, 0.5) is 0 Å². The molecule has 0 radical (unpaired) electrons. The SMILES string of the molecule is O=S(=O)(c1ccc2ccccc2c1)N1CC(SC(c2ccccc2)(c2ccccc2)c2ccccc2)CC1CCO. The zero-order valence-electron chi connectivity index (χ0n) is 22.7.